The Morgan fingerprint density at radius 3 is 2.90 bits per heavy atom. The molecule has 20 heavy (non-hydrogen) atoms. The highest BCUT2D eigenvalue weighted by Crippen LogP contribution is 2.35. The molecule has 0 aliphatic carbocycles. The molecule has 6 nitrogen and oxygen atoms in total. The van der Waals surface area contributed by atoms with Gasteiger partial charge in [0.1, 0.15) is 5.82 Å². The van der Waals surface area contributed by atoms with Crippen LogP contribution in [0.2, 0.25) is 0 Å². The maximum Gasteiger partial charge on any atom is 0.231 e. The van der Waals surface area contributed by atoms with E-state index in [-0.39, 0.29) is 6.79 Å². The molecule has 1 aromatic carbocycles. The molecule has 0 spiro atoms. The summed E-state index contributed by atoms with van der Waals surface area (Å²) in [5.74, 6) is 2.76. The monoisotopic (exact) mass is 269 g/mol. The number of methoxy groups -OCH3 is 1. The number of aromatic amines is 1. The van der Waals surface area contributed by atoms with Crippen LogP contribution in [-0.2, 0) is 0 Å². The quantitative estimate of drug-likeness (QED) is 0.773. The fraction of sp³-hybridized carbons (Fsp3) is 0.143. The summed E-state index contributed by atoms with van der Waals surface area (Å²) >= 11 is 0. The number of hydrogen-bond donors (Lipinski definition) is 1. The van der Waals surface area contributed by atoms with Crippen molar-refractivity contribution >= 4 is 11.2 Å². The lowest BCUT2D eigenvalue weighted by molar-refractivity contribution is 0.174. The van der Waals surface area contributed by atoms with Crippen molar-refractivity contribution in [2.75, 3.05) is 13.9 Å². The number of fused-ring (bicyclic) bond motifs is 2. The summed E-state index contributed by atoms with van der Waals surface area (Å²) in [6.07, 6.45) is 0. The normalized spacial score (nSPS) is 12.8. The zero-order valence-corrected chi connectivity index (χ0v) is 10.7. The third kappa shape index (κ3) is 1.65. The molecule has 0 bridgehead atoms. The first-order valence-electron chi connectivity index (χ1n) is 6.14. The van der Waals surface area contributed by atoms with Crippen molar-refractivity contribution in [3.8, 4) is 28.8 Å². The average molecular weight is 269 g/mol. The third-order valence-electron chi connectivity index (χ3n) is 3.18. The van der Waals surface area contributed by atoms with Crippen molar-refractivity contribution in [2.45, 2.75) is 0 Å². The fourth-order valence-corrected chi connectivity index (χ4v) is 2.17. The van der Waals surface area contributed by atoms with E-state index in [2.05, 4.69) is 15.0 Å². The average Bonchev–Trinajstić information content (AvgIpc) is 3.11. The van der Waals surface area contributed by atoms with E-state index in [1.54, 1.807) is 13.2 Å². The Morgan fingerprint density at radius 1 is 1.10 bits per heavy atom. The molecule has 0 atom stereocenters. The number of rotatable bonds is 2. The maximum absolute atomic E-state index is 5.37. The van der Waals surface area contributed by atoms with E-state index < -0.39 is 0 Å². The van der Waals surface area contributed by atoms with Crippen LogP contribution < -0.4 is 14.2 Å². The Hall–Kier alpha value is -2.76. The second kappa shape index (κ2) is 4.12. The van der Waals surface area contributed by atoms with Crippen LogP contribution >= 0.6 is 0 Å². The zero-order valence-electron chi connectivity index (χ0n) is 10.7. The minimum atomic E-state index is 0.262. The van der Waals surface area contributed by atoms with E-state index in [0.29, 0.717) is 11.5 Å². The SMILES string of the molecule is COc1ccc2[nH]c(-c3ccc4c(c3)OCO4)nc2n1. The first-order valence-corrected chi connectivity index (χ1v) is 6.14. The standard InChI is InChI=1S/C14H11N3O3/c1-18-12-5-3-9-14(16-12)17-13(15-9)8-2-4-10-11(6-8)20-7-19-10/h2-6H,7H2,1H3,(H,15,16,17). The van der Waals surface area contributed by atoms with Gasteiger partial charge in [-0.05, 0) is 24.3 Å². The molecular weight excluding hydrogens is 258 g/mol. The molecule has 0 radical (unpaired) electrons. The second-order valence-electron chi connectivity index (χ2n) is 4.38. The van der Waals surface area contributed by atoms with Gasteiger partial charge in [0.2, 0.25) is 12.7 Å². The van der Waals surface area contributed by atoms with Crippen LogP contribution in [0.25, 0.3) is 22.6 Å². The lowest BCUT2D eigenvalue weighted by atomic mass is 10.2. The Labute approximate surface area is 114 Å². The largest absolute Gasteiger partial charge is 0.481 e. The highest BCUT2D eigenvalue weighted by Gasteiger charge is 2.15. The van der Waals surface area contributed by atoms with Crippen molar-refractivity contribution in [1.29, 1.82) is 0 Å². The van der Waals surface area contributed by atoms with E-state index in [0.717, 1.165) is 28.4 Å². The minimum absolute atomic E-state index is 0.262. The summed E-state index contributed by atoms with van der Waals surface area (Å²) in [5.41, 5.74) is 2.40. The Bertz CT molecular complexity index is 797. The number of imidazole rings is 1. The van der Waals surface area contributed by atoms with Gasteiger partial charge in [0.15, 0.2) is 17.1 Å². The predicted molar refractivity (Wildman–Crippen MR) is 72.0 cm³/mol. The van der Waals surface area contributed by atoms with E-state index >= 15 is 0 Å². The van der Waals surface area contributed by atoms with Gasteiger partial charge in [-0.2, -0.15) is 4.98 Å². The minimum Gasteiger partial charge on any atom is -0.481 e. The second-order valence-corrected chi connectivity index (χ2v) is 4.38. The molecule has 0 saturated carbocycles. The number of hydrogen-bond acceptors (Lipinski definition) is 5. The molecule has 1 aliphatic rings. The van der Waals surface area contributed by atoms with Gasteiger partial charge in [0.05, 0.1) is 12.6 Å². The molecule has 4 rings (SSSR count). The molecule has 3 aromatic rings. The van der Waals surface area contributed by atoms with Gasteiger partial charge in [0.25, 0.3) is 0 Å². The van der Waals surface area contributed by atoms with E-state index in [1.807, 2.05) is 24.3 Å². The van der Waals surface area contributed by atoms with Crippen LogP contribution in [-0.4, -0.2) is 28.9 Å². The van der Waals surface area contributed by atoms with Crippen molar-refractivity contribution in [3.05, 3.63) is 30.3 Å². The summed E-state index contributed by atoms with van der Waals surface area (Å²) < 4.78 is 15.8. The lowest BCUT2D eigenvalue weighted by Gasteiger charge is -1.99. The van der Waals surface area contributed by atoms with Crippen molar-refractivity contribution in [1.82, 2.24) is 15.0 Å². The Kier molecular flexibility index (Phi) is 2.29. The fourth-order valence-electron chi connectivity index (χ4n) is 2.17. The number of nitrogens with one attached hydrogen (secondary N) is 1. The molecule has 2 aromatic heterocycles. The number of H-pyrrole nitrogens is 1. The van der Waals surface area contributed by atoms with Crippen LogP contribution in [0.4, 0.5) is 0 Å². The number of benzene rings is 1. The number of aromatic nitrogens is 3. The Morgan fingerprint density at radius 2 is 2.00 bits per heavy atom. The van der Waals surface area contributed by atoms with E-state index in [4.69, 9.17) is 14.2 Å². The van der Waals surface area contributed by atoms with Gasteiger partial charge in [-0.1, -0.05) is 0 Å². The molecule has 1 N–H and O–H groups in total. The third-order valence-corrected chi connectivity index (χ3v) is 3.18. The number of ether oxygens (including phenoxy) is 3. The maximum atomic E-state index is 5.37. The lowest BCUT2D eigenvalue weighted by Crippen LogP contribution is -1.92. The van der Waals surface area contributed by atoms with Gasteiger partial charge in [-0.3, -0.25) is 0 Å². The van der Waals surface area contributed by atoms with Gasteiger partial charge < -0.3 is 19.2 Å². The first-order chi connectivity index (χ1) is 9.83. The van der Waals surface area contributed by atoms with E-state index in [1.165, 1.54) is 0 Å². The Balaban J connectivity index is 1.81. The molecular formula is C14H11N3O3. The first kappa shape index (κ1) is 11.1. The summed E-state index contributed by atoms with van der Waals surface area (Å²) in [6, 6.07) is 9.40. The summed E-state index contributed by atoms with van der Waals surface area (Å²) in [5, 5.41) is 0. The van der Waals surface area contributed by atoms with Crippen molar-refractivity contribution in [3.63, 3.8) is 0 Å². The molecule has 100 valence electrons. The molecule has 0 fully saturated rings. The molecule has 6 heteroatoms. The van der Waals surface area contributed by atoms with Gasteiger partial charge in [0, 0.05) is 11.6 Å². The van der Waals surface area contributed by atoms with Gasteiger partial charge >= 0.3 is 0 Å². The molecule has 0 saturated heterocycles. The topological polar surface area (TPSA) is 69.3 Å². The van der Waals surface area contributed by atoms with Crippen LogP contribution in [0.1, 0.15) is 0 Å². The predicted octanol–water partition coefficient (Wildman–Crippen LogP) is 2.36. The highest BCUT2D eigenvalue weighted by atomic mass is 16.7. The molecule has 0 unspecified atom stereocenters. The summed E-state index contributed by atoms with van der Waals surface area (Å²) in [7, 11) is 1.58. The summed E-state index contributed by atoms with van der Waals surface area (Å²) in [4.78, 5) is 12.0. The van der Waals surface area contributed by atoms with Gasteiger partial charge in [-0.15, -0.1) is 0 Å². The van der Waals surface area contributed by atoms with Crippen molar-refractivity contribution < 1.29 is 14.2 Å². The zero-order chi connectivity index (χ0) is 13.5. The smallest absolute Gasteiger partial charge is 0.231 e. The van der Waals surface area contributed by atoms with Crippen LogP contribution in [0, 0.1) is 0 Å². The van der Waals surface area contributed by atoms with Gasteiger partial charge in [-0.25, -0.2) is 4.98 Å². The van der Waals surface area contributed by atoms with Crippen LogP contribution in [0.5, 0.6) is 17.4 Å². The molecule has 0 amide bonds. The van der Waals surface area contributed by atoms with Crippen molar-refractivity contribution in [2.24, 2.45) is 0 Å². The van der Waals surface area contributed by atoms with Crippen LogP contribution in [0.15, 0.2) is 30.3 Å². The summed E-state index contributed by atoms with van der Waals surface area (Å²) in [6.45, 7) is 0.262. The highest BCUT2D eigenvalue weighted by molar-refractivity contribution is 5.77. The number of nitrogens with zero attached hydrogens (tertiary/aromatic N) is 2. The molecule has 3 heterocycles. The number of pyridine rings is 1. The molecule has 1 aliphatic heterocycles. The van der Waals surface area contributed by atoms with Crippen LogP contribution in [0.3, 0.4) is 0 Å². The van der Waals surface area contributed by atoms with E-state index in [9.17, 15) is 0 Å².